The van der Waals surface area contributed by atoms with Gasteiger partial charge in [-0.1, -0.05) is 84.4 Å². The molecule has 0 spiro atoms. The van der Waals surface area contributed by atoms with Crippen LogP contribution in [0.2, 0.25) is 5.02 Å². The zero-order valence-electron chi connectivity index (χ0n) is 21.7. The molecule has 4 aromatic rings. The van der Waals surface area contributed by atoms with Crippen LogP contribution < -0.4 is 10.6 Å². The first-order valence-electron chi connectivity index (χ1n) is 12.7. The van der Waals surface area contributed by atoms with Gasteiger partial charge in [0.1, 0.15) is 11.8 Å². The van der Waals surface area contributed by atoms with E-state index in [9.17, 15) is 14.7 Å². The molecule has 4 rings (SSSR count). The average molecular weight is 543 g/mol. The fraction of sp³-hybridized carbons (Fsp3) is 0.188. The van der Waals surface area contributed by atoms with Gasteiger partial charge in [-0.25, -0.2) is 4.79 Å². The van der Waals surface area contributed by atoms with Gasteiger partial charge < -0.3 is 20.5 Å². The number of carbonyl (C=O) groups excluding carboxylic acids is 2. The number of rotatable bonds is 11. The van der Waals surface area contributed by atoms with Crippen molar-refractivity contribution >= 4 is 23.5 Å². The minimum Gasteiger partial charge on any atom is -0.508 e. The van der Waals surface area contributed by atoms with Gasteiger partial charge in [-0.3, -0.25) is 4.79 Å². The van der Waals surface area contributed by atoms with Crippen LogP contribution in [0.1, 0.15) is 27.0 Å². The van der Waals surface area contributed by atoms with Crippen LogP contribution in [-0.2, 0) is 28.9 Å². The van der Waals surface area contributed by atoms with Crippen LogP contribution in [-0.4, -0.2) is 36.7 Å². The van der Waals surface area contributed by atoms with E-state index in [0.29, 0.717) is 10.6 Å². The quantitative estimate of drug-likeness (QED) is 0.171. The summed E-state index contributed by atoms with van der Waals surface area (Å²) < 4.78 is 4.92. The topological polar surface area (TPSA) is 87.7 Å². The molecule has 1 atom stereocenters. The van der Waals surface area contributed by atoms with E-state index in [4.69, 9.17) is 16.3 Å². The Morgan fingerprint density at radius 3 is 2.03 bits per heavy atom. The van der Waals surface area contributed by atoms with Crippen molar-refractivity contribution in [1.82, 2.24) is 10.6 Å². The summed E-state index contributed by atoms with van der Waals surface area (Å²) in [6.07, 6.45) is 1.18. The van der Waals surface area contributed by atoms with Crippen molar-refractivity contribution in [3.8, 4) is 16.9 Å². The number of ether oxygens (including phenoxy) is 1. The standard InChI is InChI=1S/C32H31ClN2O4/c1-39-32(38)30(35-31(37)28-4-2-3-5-29(28)33)20-23-6-12-25(13-7-23)26-14-8-24(9-15-26)21-34-19-18-22-10-16-27(36)17-11-22/h2-17,30,34,36H,18-21H2,1H3,(H,35,37)/t30-/m0/s1. The number of amides is 1. The van der Waals surface area contributed by atoms with Crippen molar-refractivity contribution in [2.24, 2.45) is 0 Å². The number of benzene rings is 4. The number of aromatic hydroxyl groups is 1. The lowest BCUT2D eigenvalue weighted by atomic mass is 9.99. The molecule has 0 aliphatic rings. The third kappa shape index (κ3) is 7.93. The van der Waals surface area contributed by atoms with Gasteiger partial charge in [0.2, 0.25) is 0 Å². The van der Waals surface area contributed by atoms with E-state index in [1.807, 2.05) is 36.4 Å². The molecule has 7 heteroatoms. The molecule has 0 bridgehead atoms. The number of hydrogen-bond acceptors (Lipinski definition) is 5. The van der Waals surface area contributed by atoms with Gasteiger partial charge in [0.05, 0.1) is 17.7 Å². The Balaban J connectivity index is 1.32. The molecular weight excluding hydrogens is 512 g/mol. The lowest BCUT2D eigenvalue weighted by Gasteiger charge is -2.17. The van der Waals surface area contributed by atoms with Gasteiger partial charge in [0.15, 0.2) is 0 Å². The molecule has 0 saturated carbocycles. The zero-order chi connectivity index (χ0) is 27.6. The number of halogens is 1. The first-order valence-corrected chi connectivity index (χ1v) is 13.1. The van der Waals surface area contributed by atoms with Gasteiger partial charge in [-0.2, -0.15) is 0 Å². The van der Waals surface area contributed by atoms with E-state index in [2.05, 4.69) is 34.9 Å². The second-order valence-corrected chi connectivity index (χ2v) is 9.63. The van der Waals surface area contributed by atoms with Crippen molar-refractivity contribution in [1.29, 1.82) is 0 Å². The highest BCUT2D eigenvalue weighted by Crippen LogP contribution is 2.22. The Labute approximate surface area is 233 Å². The summed E-state index contributed by atoms with van der Waals surface area (Å²) in [6, 6.07) is 29.4. The predicted molar refractivity (Wildman–Crippen MR) is 154 cm³/mol. The summed E-state index contributed by atoms with van der Waals surface area (Å²) in [5.74, 6) is -0.667. The first kappa shape index (κ1) is 27.9. The molecule has 0 radical (unpaired) electrons. The van der Waals surface area contributed by atoms with Crippen LogP contribution in [0.15, 0.2) is 97.1 Å². The number of carbonyl (C=O) groups is 2. The van der Waals surface area contributed by atoms with Crippen LogP contribution in [0.5, 0.6) is 5.75 Å². The predicted octanol–water partition coefficient (Wildman–Crippen LogP) is 5.56. The minimum atomic E-state index is -0.842. The molecule has 3 N–H and O–H groups in total. The largest absolute Gasteiger partial charge is 0.508 e. The van der Waals surface area contributed by atoms with Crippen molar-refractivity contribution in [3.63, 3.8) is 0 Å². The maximum absolute atomic E-state index is 12.7. The smallest absolute Gasteiger partial charge is 0.328 e. The fourth-order valence-corrected chi connectivity index (χ4v) is 4.45. The van der Waals surface area contributed by atoms with Crippen LogP contribution in [0.3, 0.4) is 0 Å². The van der Waals surface area contributed by atoms with Gasteiger partial charge in [-0.05, 0) is 65.0 Å². The highest BCUT2D eigenvalue weighted by Gasteiger charge is 2.23. The third-order valence-corrected chi connectivity index (χ3v) is 6.78. The number of nitrogens with one attached hydrogen (secondary N) is 2. The number of esters is 1. The summed E-state index contributed by atoms with van der Waals surface area (Å²) in [5.41, 5.74) is 5.71. The van der Waals surface area contributed by atoms with E-state index in [0.717, 1.165) is 36.2 Å². The lowest BCUT2D eigenvalue weighted by molar-refractivity contribution is -0.142. The van der Waals surface area contributed by atoms with Crippen LogP contribution in [0.25, 0.3) is 11.1 Å². The maximum Gasteiger partial charge on any atom is 0.328 e. The van der Waals surface area contributed by atoms with E-state index >= 15 is 0 Å². The Bertz CT molecular complexity index is 1390. The summed E-state index contributed by atoms with van der Waals surface area (Å²) in [5, 5.41) is 15.9. The summed E-state index contributed by atoms with van der Waals surface area (Å²) >= 11 is 6.13. The molecule has 6 nitrogen and oxygen atoms in total. The number of phenolic OH excluding ortho intramolecular Hbond substituents is 1. The monoisotopic (exact) mass is 542 g/mol. The summed E-state index contributed by atoms with van der Waals surface area (Å²) in [7, 11) is 1.30. The van der Waals surface area contributed by atoms with E-state index in [-0.39, 0.29) is 12.2 Å². The minimum absolute atomic E-state index is 0.282. The Morgan fingerprint density at radius 2 is 1.41 bits per heavy atom. The van der Waals surface area contributed by atoms with Gasteiger partial charge in [-0.15, -0.1) is 0 Å². The number of hydrogen-bond donors (Lipinski definition) is 3. The highest BCUT2D eigenvalue weighted by molar-refractivity contribution is 6.33. The van der Waals surface area contributed by atoms with Gasteiger partial charge in [0.25, 0.3) is 5.91 Å². The summed E-state index contributed by atoms with van der Waals surface area (Å²) in [4.78, 5) is 25.1. The molecule has 0 aromatic heterocycles. The van der Waals surface area contributed by atoms with Crippen LogP contribution in [0.4, 0.5) is 0 Å². The maximum atomic E-state index is 12.7. The fourth-order valence-electron chi connectivity index (χ4n) is 4.23. The van der Waals surface area contributed by atoms with Crippen molar-refractivity contribution in [2.45, 2.75) is 25.4 Å². The average Bonchev–Trinajstić information content (AvgIpc) is 2.96. The second kappa shape index (κ2) is 13.6. The normalized spacial score (nSPS) is 11.5. The molecule has 0 aliphatic carbocycles. The first-order chi connectivity index (χ1) is 18.9. The molecule has 0 heterocycles. The van der Waals surface area contributed by atoms with E-state index in [1.54, 1.807) is 36.4 Å². The van der Waals surface area contributed by atoms with Crippen molar-refractivity contribution < 1.29 is 19.4 Å². The molecule has 0 saturated heterocycles. The Hall–Kier alpha value is -4.13. The SMILES string of the molecule is COC(=O)[C@H](Cc1ccc(-c2ccc(CNCCc3ccc(O)cc3)cc2)cc1)NC(=O)c1ccccc1Cl. The molecular formula is C32H31ClN2O4. The zero-order valence-corrected chi connectivity index (χ0v) is 22.4. The summed E-state index contributed by atoms with van der Waals surface area (Å²) in [6.45, 7) is 1.62. The number of phenols is 1. The van der Waals surface area contributed by atoms with Crippen LogP contribution in [0, 0.1) is 0 Å². The highest BCUT2D eigenvalue weighted by atomic mass is 35.5. The lowest BCUT2D eigenvalue weighted by Crippen LogP contribution is -2.43. The van der Waals surface area contributed by atoms with E-state index < -0.39 is 17.9 Å². The Kier molecular flexibility index (Phi) is 9.73. The van der Waals surface area contributed by atoms with Crippen molar-refractivity contribution in [3.05, 3.63) is 124 Å². The number of methoxy groups -OCH3 is 1. The van der Waals surface area contributed by atoms with Gasteiger partial charge in [0, 0.05) is 13.0 Å². The molecule has 0 aliphatic heterocycles. The Morgan fingerprint density at radius 1 is 0.821 bits per heavy atom. The van der Waals surface area contributed by atoms with Gasteiger partial charge >= 0.3 is 5.97 Å². The second-order valence-electron chi connectivity index (χ2n) is 9.22. The molecule has 0 unspecified atom stereocenters. The van der Waals surface area contributed by atoms with Crippen molar-refractivity contribution in [2.75, 3.05) is 13.7 Å². The molecule has 200 valence electrons. The molecule has 39 heavy (non-hydrogen) atoms. The van der Waals surface area contributed by atoms with E-state index in [1.165, 1.54) is 18.2 Å². The van der Waals surface area contributed by atoms with Crippen LogP contribution >= 0.6 is 11.6 Å². The molecule has 0 fully saturated rings. The molecule has 4 aromatic carbocycles. The molecule has 1 amide bonds. The third-order valence-electron chi connectivity index (χ3n) is 6.45.